The van der Waals surface area contributed by atoms with E-state index in [0.717, 1.165) is 37.5 Å². The summed E-state index contributed by atoms with van der Waals surface area (Å²) in [4.78, 5) is 29.7. The standard InChI is InChI=1S/C19H30N2O3S/c1-15-13-20(14-16(2)21(15)10-6-11-24-3)19(23)9-4-7-17(22)18-8-5-12-25-18/h5,8,12,15-16H,4,6-7,9-11,13-14H2,1-3H3. The first-order valence-corrected chi connectivity index (χ1v) is 10.00. The van der Waals surface area contributed by atoms with Gasteiger partial charge >= 0.3 is 0 Å². The van der Waals surface area contributed by atoms with Gasteiger partial charge in [-0.2, -0.15) is 0 Å². The largest absolute Gasteiger partial charge is 0.385 e. The molecule has 0 aromatic carbocycles. The number of hydrogen-bond donors (Lipinski definition) is 0. The van der Waals surface area contributed by atoms with Gasteiger partial charge in [-0.1, -0.05) is 6.07 Å². The minimum atomic E-state index is 0.146. The number of amides is 1. The Hall–Kier alpha value is -1.24. The van der Waals surface area contributed by atoms with Gasteiger partial charge < -0.3 is 9.64 Å². The van der Waals surface area contributed by atoms with Crippen molar-refractivity contribution < 1.29 is 14.3 Å². The highest BCUT2D eigenvalue weighted by Gasteiger charge is 2.31. The van der Waals surface area contributed by atoms with Crippen molar-refractivity contribution in [2.24, 2.45) is 0 Å². The molecule has 1 aliphatic heterocycles. The van der Waals surface area contributed by atoms with Gasteiger partial charge in [0.05, 0.1) is 4.88 Å². The van der Waals surface area contributed by atoms with E-state index >= 15 is 0 Å². The molecule has 0 aliphatic carbocycles. The summed E-state index contributed by atoms with van der Waals surface area (Å²) in [6.07, 6.45) is 2.56. The first kappa shape index (κ1) is 20.1. The van der Waals surface area contributed by atoms with Crippen molar-refractivity contribution in [1.82, 2.24) is 9.80 Å². The van der Waals surface area contributed by atoms with Crippen molar-refractivity contribution in [3.63, 3.8) is 0 Å². The van der Waals surface area contributed by atoms with Crippen molar-refractivity contribution in [3.05, 3.63) is 22.4 Å². The van der Waals surface area contributed by atoms with Crippen LogP contribution in [-0.4, -0.2) is 66.9 Å². The van der Waals surface area contributed by atoms with Gasteiger partial charge in [0.15, 0.2) is 5.78 Å². The van der Waals surface area contributed by atoms with Gasteiger partial charge in [-0.3, -0.25) is 14.5 Å². The summed E-state index contributed by atoms with van der Waals surface area (Å²) in [6, 6.07) is 4.45. The Morgan fingerprint density at radius 2 is 1.92 bits per heavy atom. The predicted octanol–water partition coefficient (Wildman–Crippen LogP) is 3.06. The lowest BCUT2D eigenvalue weighted by Crippen LogP contribution is -2.58. The second-order valence-corrected chi connectivity index (χ2v) is 7.78. The third-order valence-electron chi connectivity index (χ3n) is 4.81. The molecule has 0 radical (unpaired) electrons. The second-order valence-electron chi connectivity index (χ2n) is 6.83. The predicted molar refractivity (Wildman–Crippen MR) is 101 cm³/mol. The van der Waals surface area contributed by atoms with Gasteiger partial charge in [0.25, 0.3) is 0 Å². The highest BCUT2D eigenvalue weighted by atomic mass is 32.1. The van der Waals surface area contributed by atoms with Crippen molar-refractivity contribution >= 4 is 23.0 Å². The average Bonchev–Trinajstić information content (AvgIpc) is 3.11. The molecule has 0 bridgehead atoms. The number of Topliss-reactive ketones (excluding diaryl/α,β-unsaturated/α-hetero) is 1. The number of thiophene rings is 1. The fourth-order valence-corrected chi connectivity index (χ4v) is 4.21. The number of methoxy groups -OCH3 is 1. The topological polar surface area (TPSA) is 49.9 Å². The van der Waals surface area contributed by atoms with E-state index in [4.69, 9.17) is 4.74 Å². The van der Waals surface area contributed by atoms with E-state index in [1.54, 1.807) is 7.11 Å². The summed E-state index contributed by atoms with van der Waals surface area (Å²) in [5.74, 6) is 0.321. The van der Waals surface area contributed by atoms with E-state index < -0.39 is 0 Å². The van der Waals surface area contributed by atoms with Gasteiger partial charge in [0, 0.05) is 58.3 Å². The molecule has 25 heavy (non-hydrogen) atoms. The van der Waals surface area contributed by atoms with Crippen LogP contribution in [0, 0.1) is 0 Å². The SMILES string of the molecule is COCCCN1C(C)CN(C(=O)CCCC(=O)c2cccs2)CC1C. The number of carbonyl (C=O) groups excluding carboxylic acids is 2. The molecule has 1 saturated heterocycles. The Bertz CT molecular complexity index is 535. The molecule has 1 aromatic heterocycles. The fourth-order valence-electron chi connectivity index (χ4n) is 3.51. The maximum absolute atomic E-state index is 12.5. The molecule has 0 spiro atoms. The minimum absolute atomic E-state index is 0.146. The summed E-state index contributed by atoms with van der Waals surface area (Å²) in [6.45, 7) is 7.69. The summed E-state index contributed by atoms with van der Waals surface area (Å²) in [5.41, 5.74) is 0. The smallest absolute Gasteiger partial charge is 0.222 e. The molecule has 0 N–H and O–H groups in total. The molecule has 140 valence electrons. The van der Waals surface area contributed by atoms with Crippen LogP contribution in [-0.2, 0) is 9.53 Å². The molecule has 5 nitrogen and oxygen atoms in total. The van der Waals surface area contributed by atoms with Gasteiger partial charge in [-0.25, -0.2) is 0 Å². The molecule has 0 saturated carbocycles. The van der Waals surface area contributed by atoms with Gasteiger partial charge in [0.1, 0.15) is 0 Å². The molecule has 1 amide bonds. The Morgan fingerprint density at radius 3 is 2.52 bits per heavy atom. The number of rotatable bonds is 9. The van der Waals surface area contributed by atoms with Crippen LogP contribution in [0.1, 0.15) is 49.2 Å². The summed E-state index contributed by atoms with van der Waals surface area (Å²) in [5, 5.41) is 1.91. The summed E-state index contributed by atoms with van der Waals surface area (Å²) in [7, 11) is 1.73. The molecular formula is C19H30N2O3S. The molecule has 2 unspecified atom stereocenters. The van der Waals surface area contributed by atoms with Crippen molar-refractivity contribution in [1.29, 1.82) is 0 Å². The third kappa shape index (κ3) is 5.90. The maximum Gasteiger partial charge on any atom is 0.222 e. The van der Waals surface area contributed by atoms with Crippen LogP contribution in [0.3, 0.4) is 0 Å². The maximum atomic E-state index is 12.5. The van der Waals surface area contributed by atoms with Crippen molar-refractivity contribution in [2.45, 2.75) is 51.6 Å². The number of nitrogens with zero attached hydrogens (tertiary/aromatic N) is 2. The van der Waals surface area contributed by atoms with Crippen molar-refractivity contribution in [2.75, 3.05) is 33.4 Å². The number of piperazine rings is 1. The first-order chi connectivity index (χ1) is 12.0. The molecule has 2 atom stereocenters. The van der Waals surface area contributed by atoms with Crippen LogP contribution in [0.5, 0.6) is 0 Å². The van der Waals surface area contributed by atoms with E-state index in [1.165, 1.54) is 11.3 Å². The van der Waals surface area contributed by atoms with E-state index in [2.05, 4.69) is 18.7 Å². The van der Waals surface area contributed by atoms with Crippen LogP contribution in [0.15, 0.2) is 17.5 Å². The average molecular weight is 367 g/mol. The van der Waals surface area contributed by atoms with Gasteiger partial charge in [-0.15, -0.1) is 11.3 Å². The molecule has 1 fully saturated rings. The van der Waals surface area contributed by atoms with Crippen LogP contribution in [0.2, 0.25) is 0 Å². The lowest BCUT2D eigenvalue weighted by Gasteiger charge is -2.44. The fraction of sp³-hybridized carbons (Fsp3) is 0.684. The Labute approximate surface area is 154 Å². The zero-order valence-corrected chi connectivity index (χ0v) is 16.4. The number of carbonyl (C=O) groups is 2. The summed E-state index contributed by atoms with van der Waals surface area (Å²) >= 11 is 1.47. The van der Waals surface area contributed by atoms with Crippen LogP contribution in [0.4, 0.5) is 0 Å². The van der Waals surface area contributed by atoms with E-state index in [1.807, 2.05) is 22.4 Å². The molecule has 2 heterocycles. The molecule has 1 aromatic rings. The lowest BCUT2D eigenvalue weighted by atomic mass is 10.1. The number of ether oxygens (including phenoxy) is 1. The Kier molecular flexibility index (Phi) is 8.06. The second kappa shape index (κ2) is 10.0. The first-order valence-electron chi connectivity index (χ1n) is 9.12. The van der Waals surface area contributed by atoms with E-state index in [0.29, 0.717) is 31.3 Å². The third-order valence-corrected chi connectivity index (χ3v) is 5.72. The molecule has 1 aliphatic rings. The monoisotopic (exact) mass is 366 g/mol. The zero-order valence-electron chi connectivity index (χ0n) is 15.6. The van der Waals surface area contributed by atoms with E-state index in [-0.39, 0.29) is 11.7 Å². The van der Waals surface area contributed by atoms with E-state index in [9.17, 15) is 9.59 Å². The Morgan fingerprint density at radius 1 is 1.20 bits per heavy atom. The van der Waals surface area contributed by atoms with Gasteiger partial charge in [0.2, 0.25) is 5.91 Å². The molecular weight excluding hydrogens is 336 g/mol. The van der Waals surface area contributed by atoms with Crippen LogP contribution < -0.4 is 0 Å². The quantitative estimate of drug-likeness (QED) is 0.498. The highest BCUT2D eigenvalue weighted by Crippen LogP contribution is 2.18. The minimum Gasteiger partial charge on any atom is -0.385 e. The normalized spacial score (nSPS) is 21.5. The summed E-state index contributed by atoms with van der Waals surface area (Å²) < 4.78 is 5.14. The lowest BCUT2D eigenvalue weighted by molar-refractivity contribution is -0.135. The number of ketones is 1. The van der Waals surface area contributed by atoms with Crippen LogP contribution in [0.25, 0.3) is 0 Å². The Balaban J connectivity index is 1.74. The van der Waals surface area contributed by atoms with Crippen molar-refractivity contribution in [3.8, 4) is 0 Å². The van der Waals surface area contributed by atoms with Gasteiger partial charge in [-0.05, 0) is 38.1 Å². The molecule has 2 rings (SSSR count). The zero-order chi connectivity index (χ0) is 18.2. The molecule has 6 heteroatoms. The highest BCUT2D eigenvalue weighted by molar-refractivity contribution is 7.12. The number of hydrogen-bond acceptors (Lipinski definition) is 5. The van der Waals surface area contributed by atoms with Crippen LogP contribution >= 0.6 is 11.3 Å².